The van der Waals surface area contributed by atoms with Gasteiger partial charge in [-0.05, 0) is 0 Å². The first-order valence-electron chi connectivity index (χ1n) is 2.38. The maximum atomic E-state index is 9.61. The van der Waals surface area contributed by atoms with Crippen molar-refractivity contribution >= 4 is 6.41 Å². The van der Waals surface area contributed by atoms with E-state index in [1.165, 1.54) is 12.6 Å². The standard InChI is InChI=1S/C4H5N4O/c9-3-5-1-4-2-6-8-7-4/h2H,1H2,(H,5,9)(H,6,7,8). The summed E-state index contributed by atoms with van der Waals surface area (Å²) in [5.74, 6) is 0. The molecule has 1 aromatic rings. The van der Waals surface area contributed by atoms with Gasteiger partial charge < -0.3 is 5.32 Å². The summed E-state index contributed by atoms with van der Waals surface area (Å²) in [5, 5.41) is 11.8. The minimum atomic E-state index is 0.399. The summed E-state index contributed by atoms with van der Waals surface area (Å²) in [5.41, 5.74) is 0.762. The molecule has 0 atom stereocenters. The van der Waals surface area contributed by atoms with Gasteiger partial charge >= 0.3 is 6.41 Å². The van der Waals surface area contributed by atoms with E-state index in [4.69, 9.17) is 0 Å². The van der Waals surface area contributed by atoms with Gasteiger partial charge in [-0.1, -0.05) is 5.21 Å². The molecule has 1 radical (unpaired) electrons. The zero-order valence-corrected chi connectivity index (χ0v) is 4.59. The topological polar surface area (TPSA) is 70.7 Å². The van der Waals surface area contributed by atoms with E-state index in [0.29, 0.717) is 6.54 Å². The molecule has 47 valence electrons. The number of aromatic nitrogens is 3. The monoisotopic (exact) mass is 125 g/mol. The van der Waals surface area contributed by atoms with Gasteiger partial charge in [0.15, 0.2) is 0 Å². The number of hydrogen-bond acceptors (Lipinski definition) is 3. The number of rotatable bonds is 3. The van der Waals surface area contributed by atoms with E-state index in [1.807, 2.05) is 0 Å². The highest BCUT2D eigenvalue weighted by atomic mass is 16.1. The molecule has 5 heteroatoms. The van der Waals surface area contributed by atoms with E-state index in [9.17, 15) is 4.79 Å². The SMILES string of the molecule is O=[C]NCc1cnn[nH]1. The predicted molar refractivity (Wildman–Crippen MR) is 28.9 cm³/mol. The molecule has 0 bridgehead atoms. The van der Waals surface area contributed by atoms with Crippen LogP contribution in [0.3, 0.4) is 0 Å². The van der Waals surface area contributed by atoms with Gasteiger partial charge in [0, 0.05) is 0 Å². The van der Waals surface area contributed by atoms with Crippen molar-refractivity contribution < 1.29 is 4.79 Å². The second kappa shape index (κ2) is 2.81. The Morgan fingerprint density at radius 3 is 3.33 bits per heavy atom. The Labute approximate surface area is 51.5 Å². The largest absolute Gasteiger partial charge is 0.342 e. The van der Waals surface area contributed by atoms with Crippen molar-refractivity contribution in [3.8, 4) is 0 Å². The molecule has 1 amide bonds. The Hall–Kier alpha value is -1.39. The van der Waals surface area contributed by atoms with Crippen LogP contribution in [0.5, 0.6) is 0 Å². The molecule has 1 heterocycles. The van der Waals surface area contributed by atoms with Crippen LogP contribution in [-0.2, 0) is 11.3 Å². The molecule has 0 aliphatic carbocycles. The fourth-order valence-electron chi connectivity index (χ4n) is 0.437. The number of aromatic amines is 1. The fourth-order valence-corrected chi connectivity index (χ4v) is 0.437. The van der Waals surface area contributed by atoms with Crippen LogP contribution >= 0.6 is 0 Å². The molecule has 0 fully saturated rings. The molecule has 1 rings (SSSR count). The van der Waals surface area contributed by atoms with Gasteiger partial charge in [0.25, 0.3) is 0 Å². The van der Waals surface area contributed by atoms with Gasteiger partial charge in [0.1, 0.15) is 0 Å². The van der Waals surface area contributed by atoms with Gasteiger partial charge in [-0.25, -0.2) is 0 Å². The summed E-state index contributed by atoms with van der Waals surface area (Å²) in [7, 11) is 0. The van der Waals surface area contributed by atoms with Crippen molar-refractivity contribution in [3.05, 3.63) is 11.9 Å². The number of nitrogens with one attached hydrogen (secondary N) is 2. The lowest BCUT2D eigenvalue weighted by Gasteiger charge is -1.88. The minimum absolute atomic E-state index is 0.399. The normalized spacial score (nSPS) is 8.89. The van der Waals surface area contributed by atoms with Crippen molar-refractivity contribution in [1.82, 2.24) is 20.7 Å². The van der Waals surface area contributed by atoms with E-state index < -0.39 is 0 Å². The van der Waals surface area contributed by atoms with Crippen LogP contribution in [0.25, 0.3) is 0 Å². The smallest absolute Gasteiger partial charge is 0.309 e. The van der Waals surface area contributed by atoms with Crippen LogP contribution in [0.2, 0.25) is 0 Å². The highest BCUT2D eigenvalue weighted by molar-refractivity contribution is 5.46. The van der Waals surface area contributed by atoms with E-state index >= 15 is 0 Å². The molecule has 0 aliphatic heterocycles. The Morgan fingerprint density at radius 2 is 2.78 bits per heavy atom. The Bertz CT molecular complexity index is 171. The average molecular weight is 125 g/mol. The summed E-state index contributed by atoms with van der Waals surface area (Å²) in [4.78, 5) is 9.61. The third-order valence-electron chi connectivity index (χ3n) is 0.816. The fraction of sp³-hybridized carbons (Fsp3) is 0.250. The second-order valence-corrected chi connectivity index (χ2v) is 1.44. The van der Waals surface area contributed by atoms with Crippen LogP contribution in [0.15, 0.2) is 6.20 Å². The number of hydrogen-bond donors (Lipinski definition) is 2. The molecular formula is C4H5N4O. The first-order valence-corrected chi connectivity index (χ1v) is 2.38. The first-order chi connectivity index (χ1) is 4.43. The van der Waals surface area contributed by atoms with Gasteiger partial charge in [-0.15, -0.1) is 5.10 Å². The number of carbonyl (C=O) groups excluding carboxylic acids is 1. The number of amides is 1. The Balaban J connectivity index is 2.38. The average Bonchev–Trinajstić information content (AvgIpc) is 2.34. The van der Waals surface area contributed by atoms with E-state index in [-0.39, 0.29) is 0 Å². The molecule has 0 saturated heterocycles. The van der Waals surface area contributed by atoms with E-state index in [2.05, 4.69) is 20.7 Å². The molecule has 5 nitrogen and oxygen atoms in total. The molecule has 0 aliphatic rings. The lowest BCUT2D eigenvalue weighted by Crippen LogP contribution is -2.09. The molecule has 0 spiro atoms. The van der Waals surface area contributed by atoms with Crippen LogP contribution in [0.4, 0.5) is 0 Å². The molecule has 0 saturated carbocycles. The van der Waals surface area contributed by atoms with Gasteiger partial charge in [-0.2, -0.15) is 0 Å². The lowest BCUT2D eigenvalue weighted by atomic mass is 10.5. The quantitative estimate of drug-likeness (QED) is 0.507. The van der Waals surface area contributed by atoms with Crippen molar-refractivity contribution in [1.29, 1.82) is 0 Å². The molecule has 0 aromatic carbocycles. The van der Waals surface area contributed by atoms with E-state index in [1.54, 1.807) is 0 Å². The maximum absolute atomic E-state index is 9.61. The number of nitrogens with zero attached hydrogens (tertiary/aromatic N) is 2. The highest BCUT2D eigenvalue weighted by Crippen LogP contribution is 1.83. The van der Waals surface area contributed by atoms with Crippen molar-refractivity contribution in [3.63, 3.8) is 0 Å². The highest BCUT2D eigenvalue weighted by Gasteiger charge is 1.89. The third-order valence-corrected chi connectivity index (χ3v) is 0.816. The van der Waals surface area contributed by atoms with Crippen LogP contribution in [0.1, 0.15) is 5.69 Å². The number of H-pyrrole nitrogens is 1. The molecular weight excluding hydrogens is 120 g/mol. The third kappa shape index (κ3) is 1.52. The van der Waals surface area contributed by atoms with Crippen LogP contribution < -0.4 is 5.32 Å². The Morgan fingerprint density at radius 1 is 1.89 bits per heavy atom. The molecule has 9 heavy (non-hydrogen) atoms. The summed E-state index contributed by atoms with van der Waals surface area (Å²) in [6.45, 7) is 0.399. The van der Waals surface area contributed by atoms with Crippen LogP contribution in [-0.4, -0.2) is 21.8 Å². The van der Waals surface area contributed by atoms with Crippen molar-refractivity contribution in [2.24, 2.45) is 0 Å². The molecule has 1 aromatic heterocycles. The maximum Gasteiger partial charge on any atom is 0.309 e. The van der Waals surface area contributed by atoms with Gasteiger partial charge in [0.05, 0.1) is 18.4 Å². The van der Waals surface area contributed by atoms with Crippen molar-refractivity contribution in [2.45, 2.75) is 6.54 Å². The summed E-state index contributed by atoms with van der Waals surface area (Å²) in [6, 6.07) is 0. The zero-order chi connectivity index (χ0) is 6.53. The molecule has 0 unspecified atom stereocenters. The predicted octanol–water partition coefficient (Wildman–Crippen LogP) is -1.04. The summed E-state index contributed by atoms with van der Waals surface area (Å²) >= 11 is 0. The minimum Gasteiger partial charge on any atom is -0.342 e. The first kappa shape index (κ1) is 5.74. The van der Waals surface area contributed by atoms with E-state index in [0.717, 1.165) is 5.69 Å². The lowest BCUT2D eigenvalue weighted by molar-refractivity contribution is 0.541. The van der Waals surface area contributed by atoms with Crippen LogP contribution in [0, 0.1) is 0 Å². The summed E-state index contributed by atoms with van der Waals surface area (Å²) in [6.07, 6.45) is 3.06. The Kier molecular flexibility index (Phi) is 1.79. The molecule has 2 N–H and O–H groups in total. The second-order valence-electron chi connectivity index (χ2n) is 1.44. The van der Waals surface area contributed by atoms with Gasteiger partial charge in [-0.3, -0.25) is 9.89 Å². The van der Waals surface area contributed by atoms with Gasteiger partial charge in [0.2, 0.25) is 0 Å². The zero-order valence-electron chi connectivity index (χ0n) is 4.59. The summed E-state index contributed by atoms with van der Waals surface area (Å²) < 4.78 is 0. The van der Waals surface area contributed by atoms with Crippen molar-refractivity contribution in [2.75, 3.05) is 0 Å².